The van der Waals surface area contributed by atoms with Gasteiger partial charge < -0.3 is 15.5 Å². The van der Waals surface area contributed by atoms with Gasteiger partial charge in [-0.25, -0.2) is 13.6 Å². The molecule has 1 aromatic rings. The molecule has 1 amide bonds. The Hall–Kier alpha value is -1.38. The Morgan fingerprint density at radius 2 is 1.95 bits per heavy atom. The Morgan fingerprint density at radius 1 is 1.40 bits per heavy atom. The van der Waals surface area contributed by atoms with E-state index < -0.39 is 21.5 Å². The summed E-state index contributed by atoms with van der Waals surface area (Å²) in [5, 5.41) is 7.83. The first kappa shape index (κ1) is 16.7. The number of carbonyl (C=O) groups excluding carboxylic acids is 1. The van der Waals surface area contributed by atoms with Gasteiger partial charge in [0.2, 0.25) is 10.0 Å². The molecule has 1 heterocycles. The smallest absolute Gasteiger partial charge is 0.287 e. The van der Waals surface area contributed by atoms with Crippen molar-refractivity contribution in [3.8, 4) is 0 Å². The van der Waals surface area contributed by atoms with E-state index in [1.807, 2.05) is 13.8 Å². The van der Waals surface area contributed by atoms with Crippen molar-refractivity contribution in [1.82, 2.24) is 5.32 Å². The molecule has 20 heavy (non-hydrogen) atoms. The molecule has 114 valence electrons. The van der Waals surface area contributed by atoms with Crippen LogP contribution in [0.3, 0.4) is 0 Å². The summed E-state index contributed by atoms with van der Waals surface area (Å²) in [5.74, 6) is -0.507. The van der Waals surface area contributed by atoms with E-state index in [4.69, 9.17) is 15.3 Å². The van der Waals surface area contributed by atoms with Crippen molar-refractivity contribution in [2.75, 3.05) is 6.54 Å². The van der Waals surface area contributed by atoms with Crippen molar-refractivity contribution in [3.05, 3.63) is 17.6 Å². The largest absolute Gasteiger partial charge is 0.455 e. The van der Waals surface area contributed by atoms with Gasteiger partial charge >= 0.3 is 0 Å². The maximum Gasteiger partial charge on any atom is 0.287 e. The molecule has 0 aliphatic rings. The van der Waals surface area contributed by atoms with Crippen LogP contribution in [0.1, 0.15) is 43.0 Å². The van der Waals surface area contributed by atoms with Crippen LogP contribution in [0, 0.1) is 6.92 Å². The summed E-state index contributed by atoms with van der Waals surface area (Å²) >= 11 is 0. The maximum atomic E-state index is 12.1. The topological polar surface area (TPSA) is 128 Å². The maximum absolute atomic E-state index is 12.1. The average molecular weight is 303 g/mol. The second-order valence-corrected chi connectivity index (χ2v) is 6.25. The Labute approximate surface area is 118 Å². The molecule has 0 aliphatic heterocycles. The van der Waals surface area contributed by atoms with E-state index in [1.54, 1.807) is 0 Å². The molecule has 0 aromatic carbocycles. The number of hydrogen-bond donors (Lipinski definition) is 3. The number of aryl methyl sites for hydroxylation is 1. The molecular formula is C12H21N3O4S. The molecule has 5 N–H and O–H groups in total. The van der Waals surface area contributed by atoms with Crippen molar-refractivity contribution in [2.24, 2.45) is 10.9 Å². The summed E-state index contributed by atoms with van der Waals surface area (Å²) in [6, 6.07) is 1.13. The number of rotatable bonds is 6. The molecule has 0 radical (unpaired) electrons. The highest BCUT2D eigenvalue weighted by molar-refractivity contribution is 7.89. The molecule has 1 rings (SSSR count). The van der Waals surface area contributed by atoms with Crippen LogP contribution in [0.2, 0.25) is 0 Å². The average Bonchev–Trinajstić information content (AvgIpc) is 2.78. The van der Waals surface area contributed by atoms with Crippen LogP contribution in [-0.4, -0.2) is 26.4 Å². The Morgan fingerprint density at radius 3 is 2.30 bits per heavy atom. The number of furan rings is 1. The zero-order valence-electron chi connectivity index (χ0n) is 11.9. The SMILES string of the molecule is CCC(CC)(CN)NC(=O)c1cc(S(N)(=O)=O)c(C)o1. The van der Waals surface area contributed by atoms with Crippen LogP contribution in [0.5, 0.6) is 0 Å². The molecule has 0 saturated heterocycles. The van der Waals surface area contributed by atoms with Gasteiger partial charge in [0.05, 0.1) is 5.54 Å². The van der Waals surface area contributed by atoms with E-state index in [-0.39, 0.29) is 23.0 Å². The van der Waals surface area contributed by atoms with Crippen LogP contribution in [0.15, 0.2) is 15.4 Å². The predicted molar refractivity (Wildman–Crippen MR) is 74.7 cm³/mol. The zero-order chi connectivity index (χ0) is 15.6. The lowest BCUT2D eigenvalue weighted by Crippen LogP contribution is -2.52. The van der Waals surface area contributed by atoms with Gasteiger partial charge in [0.1, 0.15) is 10.7 Å². The summed E-state index contributed by atoms with van der Waals surface area (Å²) in [4.78, 5) is 11.9. The fraction of sp³-hybridized carbons (Fsp3) is 0.583. The monoisotopic (exact) mass is 303 g/mol. The lowest BCUT2D eigenvalue weighted by Gasteiger charge is -2.30. The Kier molecular flexibility index (Phi) is 4.95. The first-order chi connectivity index (χ1) is 9.19. The molecule has 0 unspecified atom stereocenters. The van der Waals surface area contributed by atoms with E-state index >= 15 is 0 Å². The van der Waals surface area contributed by atoms with E-state index in [9.17, 15) is 13.2 Å². The molecule has 7 nitrogen and oxygen atoms in total. The summed E-state index contributed by atoms with van der Waals surface area (Å²) in [7, 11) is -3.91. The fourth-order valence-electron chi connectivity index (χ4n) is 1.93. The quantitative estimate of drug-likeness (QED) is 0.704. The van der Waals surface area contributed by atoms with Gasteiger partial charge in [0, 0.05) is 12.6 Å². The summed E-state index contributed by atoms with van der Waals surface area (Å²) in [6.07, 6.45) is 1.32. The highest BCUT2D eigenvalue weighted by atomic mass is 32.2. The second kappa shape index (κ2) is 5.94. The van der Waals surface area contributed by atoms with Gasteiger partial charge in [-0.05, 0) is 19.8 Å². The van der Waals surface area contributed by atoms with E-state index in [0.717, 1.165) is 6.07 Å². The predicted octanol–water partition coefficient (Wildman–Crippen LogP) is 0.483. The van der Waals surface area contributed by atoms with Crippen molar-refractivity contribution in [2.45, 2.75) is 44.0 Å². The van der Waals surface area contributed by atoms with E-state index in [1.165, 1.54) is 6.92 Å². The number of primary sulfonamides is 1. The third kappa shape index (κ3) is 3.38. The molecule has 0 aliphatic carbocycles. The number of nitrogens with one attached hydrogen (secondary N) is 1. The summed E-state index contributed by atoms with van der Waals surface area (Å²) < 4.78 is 27.8. The summed E-state index contributed by atoms with van der Waals surface area (Å²) in [5.41, 5.74) is 5.17. The van der Waals surface area contributed by atoms with Gasteiger partial charge in [0.15, 0.2) is 5.76 Å². The van der Waals surface area contributed by atoms with Crippen LogP contribution < -0.4 is 16.2 Å². The minimum Gasteiger partial charge on any atom is -0.455 e. The standard InChI is InChI=1S/C12H21N3O4S/c1-4-12(5-2,7-13)15-11(16)9-6-10(8(3)19-9)20(14,17)18/h6H,4-5,7,13H2,1-3H3,(H,15,16)(H2,14,17,18). The fourth-order valence-corrected chi connectivity index (χ4v) is 2.64. The van der Waals surface area contributed by atoms with Gasteiger partial charge in [-0.2, -0.15) is 0 Å². The van der Waals surface area contributed by atoms with E-state index in [0.29, 0.717) is 12.8 Å². The number of hydrogen-bond acceptors (Lipinski definition) is 5. The molecule has 0 spiro atoms. The van der Waals surface area contributed by atoms with Crippen molar-refractivity contribution < 1.29 is 17.6 Å². The van der Waals surface area contributed by atoms with Crippen LogP contribution in [0.25, 0.3) is 0 Å². The lowest BCUT2D eigenvalue weighted by atomic mass is 9.93. The number of carbonyl (C=O) groups is 1. The number of nitrogens with two attached hydrogens (primary N) is 2. The lowest BCUT2D eigenvalue weighted by molar-refractivity contribution is 0.0865. The highest BCUT2D eigenvalue weighted by Gasteiger charge is 2.29. The first-order valence-corrected chi connectivity index (χ1v) is 7.89. The molecule has 8 heteroatoms. The van der Waals surface area contributed by atoms with Gasteiger partial charge in [-0.1, -0.05) is 13.8 Å². The van der Waals surface area contributed by atoms with Crippen LogP contribution >= 0.6 is 0 Å². The van der Waals surface area contributed by atoms with E-state index in [2.05, 4.69) is 5.32 Å². The molecule has 0 bridgehead atoms. The number of amides is 1. The van der Waals surface area contributed by atoms with Crippen molar-refractivity contribution in [3.63, 3.8) is 0 Å². The van der Waals surface area contributed by atoms with Gasteiger partial charge in [-0.15, -0.1) is 0 Å². The molecule has 0 atom stereocenters. The molecular weight excluding hydrogens is 282 g/mol. The molecule has 0 saturated carbocycles. The first-order valence-electron chi connectivity index (χ1n) is 6.35. The molecule has 0 fully saturated rings. The van der Waals surface area contributed by atoms with Crippen LogP contribution in [0.4, 0.5) is 0 Å². The highest BCUT2D eigenvalue weighted by Crippen LogP contribution is 2.20. The van der Waals surface area contributed by atoms with Gasteiger partial charge in [0.25, 0.3) is 5.91 Å². The summed E-state index contributed by atoms with van der Waals surface area (Å²) in [6.45, 7) is 5.55. The third-order valence-corrected chi connectivity index (χ3v) is 4.54. The number of sulfonamides is 1. The normalized spacial score (nSPS) is 12.4. The minimum absolute atomic E-state index is 0.0870. The zero-order valence-corrected chi connectivity index (χ0v) is 12.7. The second-order valence-electron chi connectivity index (χ2n) is 4.72. The Balaban J connectivity index is 3.06. The third-order valence-electron chi connectivity index (χ3n) is 3.53. The molecule has 1 aromatic heterocycles. The van der Waals surface area contributed by atoms with Gasteiger partial charge in [-0.3, -0.25) is 4.79 Å². The van der Waals surface area contributed by atoms with Crippen LogP contribution in [-0.2, 0) is 10.0 Å². The van der Waals surface area contributed by atoms with Crippen molar-refractivity contribution >= 4 is 15.9 Å². The van der Waals surface area contributed by atoms with Crippen molar-refractivity contribution in [1.29, 1.82) is 0 Å². The Bertz CT molecular complexity index is 580. The minimum atomic E-state index is -3.91.